The molecule has 2 amide bonds. The molecule has 0 aromatic heterocycles. The van der Waals surface area contributed by atoms with Gasteiger partial charge in [0, 0.05) is 32.4 Å². The third kappa shape index (κ3) is 6.29. The lowest BCUT2D eigenvalue weighted by atomic mass is 9.90. The molecule has 0 aliphatic carbocycles. The second-order valence-electron chi connectivity index (χ2n) is 7.29. The summed E-state index contributed by atoms with van der Waals surface area (Å²) in [6, 6.07) is -1.01. The number of likely N-dealkylation sites (tertiary alicyclic amines) is 1. The molecule has 0 bridgehead atoms. The van der Waals surface area contributed by atoms with Crippen molar-refractivity contribution in [1.29, 1.82) is 0 Å². The maximum atomic E-state index is 12.4. The summed E-state index contributed by atoms with van der Waals surface area (Å²) in [5, 5.41) is 13.0. The number of nitrogens with one attached hydrogen (secondary N) is 1. The molecule has 1 rings (SSSR count). The van der Waals surface area contributed by atoms with Crippen LogP contribution >= 0.6 is 0 Å². The Morgan fingerprint density at radius 2 is 1.85 bits per heavy atom. The number of esters is 1. The molecule has 1 saturated heterocycles. The Morgan fingerprint density at radius 3 is 2.31 bits per heavy atom. The summed E-state index contributed by atoms with van der Waals surface area (Å²) >= 11 is 0. The van der Waals surface area contributed by atoms with Crippen LogP contribution in [-0.4, -0.2) is 71.7 Å². The van der Waals surface area contributed by atoms with E-state index < -0.39 is 35.2 Å². The molecule has 1 aliphatic heterocycles. The number of hydrogen-bond donors (Lipinski definition) is 2. The van der Waals surface area contributed by atoms with E-state index in [4.69, 9.17) is 4.74 Å². The molecule has 1 fully saturated rings. The highest BCUT2D eigenvalue weighted by molar-refractivity contribution is 5.90. The summed E-state index contributed by atoms with van der Waals surface area (Å²) in [5.41, 5.74) is -2.33. The van der Waals surface area contributed by atoms with Crippen molar-refractivity contribution in [3.8, 4) is 0 Å². The summed E-state index contributed by atoms with van der Waals surface area (Å²) in [5.74, 6) is -1.40. The van der Waals surface area contributed by atoms with E-state index in [9.17, 15) is 24.3 Å². The van der Waals surface area contributed by atoms with Crippen molar-refractivity contribution >= 4 is 24.3 Å². The minimum atomic E-state index is -1.70. The van der Waals surface area contributed by atoms with E-state index in [1.54, 1.807) is 20.8 Å². The maximum Gasteiger partial charge on any atom is 0.410 e. The first kappa shape index (κ1) is 21.9. The fraction of sp³-hybridized carbons (Fsp3) is 0.765. The van der Waals surface area contributed by atoms with E-state index >= 15 is 0 Å². The van der Waals surface area contributed by atoms with E-state index in [1.165, 1.54) is 12.0 Å². The van der Waals surface area contributed by atoms with E-state index in [0.717, 1.165) is 0 Å². The van der Waals surface area contributed by atoms with Gasteiger partial charge < -0.3 is 29.6 Å². The largest absolute Gasteiger partial charge is 0.467 e. The molecule has 1 heterocycles. The van der Waals surface area contributed by atoms with E-state index in [-0.39, 0.29) is 38.8 Å². The minimum absolute atomic E-state index is 0.0135. The predicted octanol–water partition coefficient (Wildman–Crippen LogP) is 0.385. The number of amides is 2. The van der Waals surface area contributed by atoms with E-state index in [0.29, 0.717) is 6.29 Å². The first-order valence-electron chi connectivity index (χ1n) is 8.55. The van der Waals surface area contributed by atoms with Crippen LogP contribution in [0.15, 0.2) is 0 Å². The van der Waals surface area contributed by atoms with Crippen molar-refractivity contribution in [2.24, 2.45) is 0 Å². The lowest BCUT2D eigenvalue weighted by molar-refractivity contribution is -0.152. The van der Waals surface area contributed by atoms with Crippen LogP contribution in [-0.2, 0) is 23.9 Å². The van der Waals surface area contributed by atoms with Gasteiger partial charge in [-0.1, -0.05) is 0 Å². The Morgan fingerprint density at radius 1 is 1.27 bits per heavy atom. The molecule has 9 nitrogen and oxygen atoms in total. The zero-order valence-corrected chi connectivity index (χ0v) is 15.7. The van der Waals surface area contributed by atoms with E-state index in [1.807, 2.05) is 0 Å². The van der Waals surface area contributed by atoms with Crippen LogP contribution in [0.5, 0.6) is 0 Å². The van der Waals surface area contributed by atoms with Crippen LogP contribution in [0.25, 0.3) is 0 Å². The number of aliphatic hydroxyl groups is 1. The van der Waals surface area contributed by atoms with Crippen molar-refractivity contribution in [2.75, 3.05) is 20.2 Å². The number of nitrogens with zero attached hydrogens (tertiary/aromatic N) is 1. The third-order valence-electron chi connectivity index (χ3n) is 4.03. The van der Waals surface area contributed by atoms with Crippen LogP contribution in [0.3, 0.4) is 0 Å². The van der Waals surface area contributed by atoms with Crippen LogP contribution < -0.4 is 5.32 Å². The molecule has 0 aromatic rings. The maximum absolute atomic E-state index is 12.4. The van der Waals surface area contributed by atoms with Gasteiger partial charge in [0.1, 0.15) is 23.5 Å². The number of ether oxygens (including phenoxy) is 2. The normalized spacial score (nSPS) is 17.8. The van der Waals surface area contributed by atoms with Gasteiger partial charge in [0.25, 0.3) is 5.91 Å². The zero-order chi connectivity index (χ0) is 20.0. The van der Waals surface area contributed by atoms with Crippen molar-refractivity contribution in [3.63, 3.8) is 0 Å². The number of methoxy groups -OCH3 is 1. The summed E-state index contributed by atoms with van der Waals surface area (Å²) < 4.78 is 9.88. The van der Waals surface area contributed by atoms with Gasteiger partial charge in [-0.25, -0.2) is 9.59 Å². The SMILES string of the molecule is COC(=O)C(CCC=O)NC(=O)C1(O)CCN(C(=O)OC(C)(C)C)CC1. The molecule has 0 aromatic carbocycles. The van der Waals surface area contributed by atoms with Crippen LogP contribution in [0.2, 0.25) is 0 Å². The number of piperidine rings is 1. The topological polar surface area (TPSA) is 122 Å². The summed E-state index contributed by atoms with van der Waals surface area (Å²) in [6.07, 6.45) is 0.320. The molecule has 0 radical (unpaired) electrons. The first-order valence-corrected chi connectivity index (χ1v) is 8.55. The predicted molar refractivity (Wildman–Crippen MR) is 91.2 cm³/mol. The average Bonchev–Trinajstić information content (AvgIpc) is 2.56. The van der Waals surface area contributed by atoms with Gasteiger partial charge >= 0.3 is 12.1 Å². The molecule has 9 heteroatoms. The second-order valence-corrected chi connectivity index (χ2v) is 7.29. The summed E-state index contributed by atoms with van der Waals surface area (Å²) in [7, 11) is 1.18. The Bertz CT molecular complexity index is 534. The smallest absolute Gasteiger partial charge is 0.410 e. The summed E-state index contributed by atoms with van der Waals surface area (Å²) in [4.78, 5) is 48.1. The summed E-state index contributed by atoms with van der Waals surface area (Å²) in [6.45, 7) is 5.56. The lowest BCUT2D eigenvalue weighted by Crippen LogP contribution is -2.57. The van der Waals surface area contributed by atoms with Gasteiger partial charge in [0.05, 0.1) is 7.11 Å². The van der Waals surface area contributed by atoms with Gasteiger partial charge in [0.2, 0.25) is 0 Å². The third-order valence-corrected chi connectivity index (χ3v) is 4.03. The Balaban J connectivity index is 2.66. The Labute approximate surface area is 153 Å². The Hall–Kier alpha value is -2.16. The van der Waals surface area contributed by atoms with Crippen LogP contribution in [0, 0.1) is 0 Å². The number of rotatable bonds is 6. The first-order chi connectivity index (χ1) is 12.0. The fourth-order valence-electron chi connectivity index (χ4n) is 2.53. The number of hydrogen-bond acceptors (Lipinski definition) is 7. The number of carbonyl (C=O) groups excluding carboxylic acids is 4. The van der Waals surface area contributed by atoms with Crippen molar-refractivity contribution in [1.82, 2.24) is 10.2 Å². The lowest BCUT2D eigenvalue weighted by Gasteiger charge is -2.38. The number of carbonyl (C=O) groups is 4. The molecule has 1 atom stereocenters. The Kier molecular flexibility index (Phi) is 7.55. The molecule has 1 unspecified atom stereocenters. The van der Waals surface area contributed by atoms with Gasteiger partial charge in [-0.3, -0.25) is 4.79 Å². The quantitative estimate of drug-likeness (QED) is 0.511. The molecular weight excluding hydrogens is 344 g/mol. The van der Waals surface area contributed by atoms with Gasteiger partial charge in [-0.05, 0) is 27.2 Å². The van der Waals surface area contributed by atoms with Gasteiger partial charge in [-0.2, -0.15) is 0 Å². The molecule has 26 heavy (non-hydrogen) atoms. The fourth-order valence-corrected chi connectivity index (χ4v) is 2.53. The molecular formula is C17H28N2O7. The molecule has 0 spiro atoms. The number of aldehydes is 1. The highest BCUT2D eigenvalue weighted by Crippen LogP contribution is 2.24. The van der Waals surface area contributed by atoms with Crippen molar-refractivity contribution in [3.05, 3.63) is 0 Å². The monoisotopic (exact) mass is 372 g/mol. The average molecular weight is 372 g/mol. The van der Waals surface area contributed by atoms with Crippen LogP contribution in [0.4, 0.5) is 4.79 Å². The standard InChI is InChI=1S/C17H28N2O7/c1-16(2,3)26-15(23)19-9-7-17(24,8-10-19)14(22)18-12(6-5-11-20)13(21)25-4/h11-12,24H,5-10H2,1-4H3,(H,18,22). The zero-order valence-electron chi connectivity index (χ0n) is 15.7. The van der Waals surface area contributed by atoms with Crippen molar-refractivity contribution < 1.29 is 33.8 Å². The molecule has 1 aliphatic rings. The van der Waals surface area contributed by atoms with Crippen LogP contribution in [0.1, 0.15) is 46.5 Å². The highest BCUT2D eigenvalue weighted by Gasteiger charge is 2.42. The van der Waals surface area contributed by atoms with E-state index in [2.05, 4.69) is 10.1 Å². The molecule has 2 N–H and O–H groups in total. The van der Waals surface area contributed by atoms with Crippen molar-refractivity contribution in [2.45, 2.75) is 63.7 Å². The minimum Gasteiger partial charge on any atom is -0.467 e. The highest BCUT2D eigenvalue weighted by atomic mass is 16.6. The van der Waals surface area contributed by atoms with Gasteiger partial charge in [-0.15, -0.1) is 0 Å². The second kappa shape index (κ2) is 8.98. The van der Waals surface area contributed by atoms with Gasteiger partial charge in [0.15, 0.2) is 0 Å². The molecule has 0 saturated carbocycles. The molecule has 148 valence electrons.